The number of hydrogen-bond acceptors (Lipinski definition) is 10. The number of fused-ring (bicyclic) bond motifs is 5. The molecule has 0 aromatic carbocycles. The number of rotatable bonds is 0. The number of furan rings is 10. The van der Waals surface area contributed by atoms with Crippen molar-refractivity contribution in [2.24, 2.45) is 0 Å². The van der Waals surface area contributed by atoms with Crippen LogP contribution in [0.1, 0.15) is 109 Å². The summed E-state index contributed by atoms with van der Waals surface area (Å²) >= 11 is 25.8. The average Bonchev–Trinajstić information content (AvgIpc) is 4.18. The minimum atomic E-state index is 0.365. The van der Waals surface area contributed by atoms with Crippen LogP contribution < -0.4 is 0 Å². The van der Waals surface area contributed by atoms with Crippen molar-refractivity contribution in [3.63, 3.8) is 0 Å². The summed E-state index contributed by atoms with van der Waals surface area (Å²) in [6.45, 7) is 33.3. The Morgan fingerprint density at radius 1 is 0.403 bits per heavy atom. The molecule has 342 valence electrons. The minimum Gasteiger partial charge on any atom is -0.461 e. The lowest BCUT2D eigenvalue weighted by Crippen LogP contribution is -1.67. The van der Waals surface area contributed by atoms with Gasteiger partial charge in [0.15, 0.2) is 70.9 Å². The smallest absolute Gasteiger partial charge is 0.200 e. The fourth-order valence-corrected chi connectivity index (χ4v) is 5.94. The summed E-state index contributed by atoms with van der Waals surface area (Å²) in [5.74, 6) is 1.73. The van der Waals surface area contributed by atoms with Crippen LogP contribution in [0.15, 0.2) is 98.0 Å². The standard InChI is InChI=1S/3C8H7ClO2.C7H5BrO2.C6H3ClO2.5C2H6/c1-4-5(2)10-6-3-7(9)11-8(4)6;1-4-3-10-7-5(2)8(9)11-6(4)7;1-4-3-6-7(10-4)5(2)8(9)11-6;1-4-6-5(2-3-9-6)10-7(4)8;7-6-3-5-4(9-6)1-2-8-5;5*1-2/h3*3H,1-2H3;2-3H,1H3;1-3H;5*1-2H3. The third-order valence-corrected chi connectivity index (χ3v) is 9.62. The Kier molecular flexibility index (Phi) is 24.9. The quantitative estimate of drug-likeness (QED) is 0.145. The van der Waals surface area contributed by atoms with Gasteiger partial charge in [-0.2, -0.15) is 0 Å². The van der Waals surface area contributed by atoms with E-state index < -0.39 is 0 Å². The predicted molar refractivity (Wildman–Crippen MR) is 260 cm³/mol. The molecule has 10 rings (SSSR count). The van der Waals surface area contributed by atoms with Crippen molar-refractivity contribution < 1.29 is 44.2 Å². The van der Waals surface area contributed by atoms with E-state index in [9.17, 15) is 0 Å². The maximum Gasteiger partial charge on any atom is 0.200 e. The van der Waals surface area contributed by atoms with Crippen LogP contribution in [0.2, 0.25) is 20.9 Å². The zero-order valence-corrected chi connectivity index (χ0v) is 43.2. The zero-order chi connectivity index (χ0) is 47.4. The molecule has 0 radical (unpaired) electrons. The molecule has 0 spiro atoms. The van der Waals surface area contributed by atoms with Gasteiger partial charge in [0.2, 0.25) is 10.4 Å². The highest BCUT2D eigenvalue weighted by atomic mass is 79.9. The van der Waals surface area contributed by atoms with Gasteiger partial charge in [-0.1, -0.05) is 69.2 Å². The van der Waals surface area contributed by atoms with Gasteiger partial charge in [-0.15, -0.1) is 0 Å². The van der Waals surface area contributed by atoms with Crippen LogP contribution in [0.4, 0.5) is 0 Å². The van der Waals surface area contributed by atoms with Gasteiger partial charge >= 0.3 is 0 Å². The molecule has 0 fully saturated rings. The molecule has 62 heavy (non-hydrogen) atoms. The first kappa shape index (κ1) is 55.8. The molecule has 0 aliphatic rings. The molecule has 10 heterocycles. The van der Waals surface area contributed by atoms with E-state index in [-0.39, 0.29) is 0 Å². The largest absolute Gasteiger partial charge is 0.461 e. The Bertz CT molecular complexity index is 2640. The Labute approximate surface area is 391 Å². The molecule has 10 nitrogen and oxygen atoms in total. The van der Waals surface area contributed by atoms with E-state index in [1.54, 1.807) is 43.1 Å². The molecule has 0 saturated carbocycles. The van der Waals surface area contributed by atoms with E-state index in [0.717, 1.165) is 88.7 Å². The lowest BCUT2D eigenvalue weighted by molar-refractivity contribution is 0.575. The summed E-state index contributed by atoms with van der Waals surface area (Å²) in [7, 11) is 0. The second kappa shape index (κ2) is 27.7. The van der Waals surface area contributed by atoms with E-state index in [2.05, 4.69) is 15.9 Å². The van der Waals surface area contributed by atoms with Crippen molar-refractivity contribution in [1.82, 2.24) is 0 Å². The Balaban J connectivity index is 0.000000369. The molecule has 15 heteroatoms. The summed E-state index contributed by atoms with van der Waals surface area (Å²) in [6, 6.07) is 8.66. The van der Waals surface area contributed by atoms with Crippen molar-refractivity contribution in [1.29, 1.82) is 0 Å². The topological polar surface area (TPSA) is 131 Å². The van der Waals surface area contributed by atoms with Crippen molar-refractivity contribution in [2.45, 2.75) is 118 Å². The van der Waals surface area contributed by atoms with Gasteiger partial charge in [0, 0.05) is 47.0 Å². The Morgan fingerprint density at radius 2 is 0.919 bits per heavy atom. The van der Waals surface area contributed by atoms with Crippen molar-refractivity contribution in [3.8, 4) is 0 Å². The second-order valence-electron chi connectivity index (χ2n) is 11.5. The van der Waals surface area contributed by atoms with Crippen LogP contribution >= 0.6 is 62.3 Å². The Morgan fingerprint density at radius 3 is 1.48 bits per heavy atom. The first-order chi connectivity index (χ1) is 29.7. The highest BCUT2D eigenvalue weighted by molar-refractivity contribution is 9.10. The summed E-state index contributed by atoms with van der Waals surface area (Å²) in [4.78, 5) is 0. The molecule has 10 aromatic rings. The lowest BCUT2D eigenvalue weighted by atomic mass is 10.3. The molecule has 0 aliphatic heterocycles. The van der Waals surface area contributed by atoms with Gasteiger partial charge in [-0.25, -0.2) is 0 Å². The molecule has 0 amide bonds. The van der Waals surface area contributed by atoms with Crippen LogP contribution in [-0.2, 0) is 0 Å². The predicted octanol–water partition coefficient (Wildman–Crippen LogP) is 20.8. The summed E-state index contributed by atoms with van der Waals surface area (Å²) in [5, 5.41) is 1.58. The maximum absolute atomic E-state index is 5.74. The van der Waals surface area contributed by atoms with Gasteiger partial charge in [0.25, 0.3) is 0 Å². The summed E-state index contributed by atoms with van der Waals surface area (Å²) in [6.07, 6.45) is 4.84. The minimum absolute atomic E-state index is 0.365. The molecule has 0 aliphatic carbocycles. The van der Waals surface area contributed by atoms with Crippen molar-refractivity contribution >= 4 is 118 Å². The fourth-order valence-electron chi connectivity index (χ4n) is 4.90. The van der Waals surface area contributed by atoms with Gasteiger partial charge in [-0.05, 0) is 111 Å². The Hall–Kier alpha value is -4.26. The number of halogens is 5. The first-order valence-corrected chi connectivity index (χ1v) is 22.7. The molecule has 0 unspecified atom stereocenters. The number of hydrogen-bond donors (Lipinski definition) is 0. The SMILES string of the molecule is CC.CC.CC.CC.CC.Cc1c(Br)oc2ccoc12.Cc1cc2oc(Cl)c(C)c2o1.Cc1coc2c(C)c(Cl)oc12.Cc1oc2cc(Cl)oc2c1C.Clc1cc2occc2o1. The molecule has 0 saturated heterocycles. The van der Waals surface area contributed by atoms with Crippen LogP contribution in [0.3, 0.4) is 0 Å². The van der Waals surface area contributed by atoms with E-state index in [4.69, 9.17) is 90.6 Å². The lowest BCUT2D eigenvalue weighted by Gasteiger charge is -1.83. The zero-order valence-electron chi connectivity index (χ0n) is 38.6. The van der Waals surface area contributed by atoms with E-state index >= 15 is 0 Å². The second-order valence-corrected chi connectivity index (χ2v) is 13.6. The molecule has 0 atom stereocenters. The van der Waals surface area contributed by atoms with Gasteiger partial charge in [-0.3, -0.25) is 0 Å². The fraction of sp³-hybridized carbons (Fsp3) is 0.362. The summed E-state index contributed by atoms with van der Waals surface area (Å²) < 4.78 is 52.6. The van der Waals surface area contributed by atoms with Crippen molar-refractivity contribution in [3.05, 3.63) is 114 Å². The van der Waals surface area contributed by atoms with Crippen LogP contribution in [0, 0.1) is 48.5 Å². The highest BCUT2D eigenvalue weighted by Crippen LogP contribution is 2.33. The van der Waals surface area contributed by atoms with Crippen LogP contribution in [0.25, 0.3) is 55.8 Å². The average molecular weight is 1010 g/mol. The highest BCUT2D eigenvalue weighted by Gasteiger charge is 2.15. The monoisotopic (exact) mass is 1000 g/mol. The summed E-state index contributed by atoms with van der Waals surface area (Å²) in [5.41, 5.74) is 12.2. The van der Waals surface area contributed by atoms with Crippen molar-refractivity contribution in [2.75, 3.05) is 0 Å². The van der Waals surface area contributed by atoms with E-state index in [0.29, 0.717) is 32.0 Å². The van der Waals surface area contributed by atoms with E-state index in [1.807, 2.05) is 124 Å². The third kappa shape index (κ3) is 14.1. The maximum atomic E-state index is 5.74. The molecule has 10 aromatic heterocycles. The molecular formula is C47H59BrCl4O10. The molecular weight excluding hydrogens is 946 g/mol. The number of aryl methyl sites for hydroxylation is 7. The molecule has 0 N–H and O–H groups in total. The van der Waals surface area contributed by atoms with Gasteiger partial charge in [0.1, 0.15) is 11.5 Å². The third-order valence-electron chi connectivity index (χ3n) is 7.77. The van der Waals surface area contributed by atoms with Crippen LogP contribution in [-0.4, -0.2) is 0 Å². The molecule has 0 bridgehead atoms. The first-order valence-electron chi connectivity index (χ1n) is 20.4. The van der Waals surface area contributed by atoms with Gasteiger partial charge in [0.05, 0.1) is 29.9 Å². The van der Waals surface area contributed by atoms with Gasteiger partial charge < -0.3 is 44.2 Å². The normalized spacial score (nSPS) is 9.77. The van der Waals surface area contributed by atoms with E-state index in [1.165, 1.54) is 0 Å². The van der Waals surface area contributed by atoms with Crippen LogP contribution in [0.5, 0.6) is 0 Å².